The molecule has 0 unspecified atom stereocenters. The monoisotopic (exact) mass is 181 g/mol. The SMILES string of the molecule is O=C(O)c1noc2c(F)cccc12. The molecule has 2 rings (SSSR count). The Morgan fingerprint density at radius 1 is 1.54 bits per heavy atom. The summed E-state index contributed by atoms with van der Waals surface area (Å²) >= 11 is 0. The van der Waals surface area contributed by atoms with Gasteiger partial charge in [0.25, 0.3) is 0 Å². The molecule has 0 spiro atoms. The van der Waals surface area contributed by atoms with Gasteiger partial charge in [-0.15, -0.1) is 0 Å². The van der Waals surface area contributed by atoms with Gasteiger partial charge in [0.15, 0.2) is 11.5 Å². The van der Waals surface area contributed by atoms with Gasteiger partial charge in [0.1, 0.15) is 0 Å². The summed E-state index contributed by atoms with van der Waals surface area (Å²) in [5.74, 6) is -1.85. The van der Waals surface area contributed by atoms with Crippen LogP contribution in [0.3, 0.4) is 0 Å². The number of aromatic nitrogens is 1. The van der Waals surface area contributed by atoms with Crippen molar-refractivity contribution in [3.63, 3.8) is 0 Å². The van der Waals surface area contributed by atoms with Crippen LogP contribution < -0.4 is 0 Å². The van der Waals surface area contributed by atoms with Gasteiger partial charge in [-0.1, -0.05) is 11.2 Å². The highest BCUT2D eigenvalue weighted by Crippen LogP contribution is 2.20. The molecule has 2 aromatic rings. The summed E-state index contributed by atoms with van der Waals surface area (Å²) in [5.41, 5.74) is -0.394. The van der Waals surface area contributed by atoms with Crippen LogP contribution in [-0.4, -0.2) is 16.2 Å². The summed E-state index contributed by atoms with van der Waals surface area (Å²) in [6.07, 6.45) is 0. The molecule has 1 heterocycles. The second-order valence-corrected chi connectivity index (χ2v) is 2.45. The van der Waals surface area contributed by atoms with E-state index in [2.05, 4.69) is 9.68 Å². The maximum atomic E-state index is 12.9. The minimum atomic E-state index is -1.23. The molecule has 0 fully saturated rings. The first kappa shape index (κ1) is 7.72. The zero-order valence-electron chi connectivity index (χ0n) is 6.32. The van der Waals surface area contributed by atoms with E-state index in [9.17, 15) is 9.18 Å². The third kappa shape index (κ3) is 1.05. The largest absolute Gasteiger partial charge is 0.476 e. The molecule has 1 aromatic carbocycles. The highest BCUT2D eigenvalue weighted by molar-refractivity contribution is 6.00. The van der Waals surface area contributed by atoms with Crippen LogP contribution in [0.1, 0.15) is 10.5 Å². The predicted octanol–water partition coefficient (Wildman–Crippen LogP) is 1.67. The fourth-order valence-electron chi connectivity index (χ4n) is 1.08. The third-order valence-corrected chi connectivity index (χ3v) is 1.65. The van der Waals surface area contributed by atoms with Gasteiger partial charge >= 0.3 is 5.97 Å². The molecule has 0 radical (unpaired) electrons. The third-order valence-electron chi connectivity index (χ3n) is 1.65. The number of hydrogen-bond donors (Lipinski definition) is 1. The standard InChI is InChI=1S/C8H4FNO3/c9-5-3-1-2-4-6(8(11)12)10-13-7(4)5/h1-3H,(H,11,12). The zero-order chi connectivity index (χ0) is 9.42. The quantitative estimate of drug-likeness (QED) is 0.726. The van der Waals surface area contributed by atoms with Gasteiger partial charge in [0, 0.05) is 0 Å². The van der Waals surface area contributed by atoms with E-state index in [-0.39, 0.29) is 16.7 Å². The molecule has 5 heteroatoms. The van der Waals surface area contributed by atoms with Crippen molar-refractivity contribution in [1.29, 1.82) is 0 Å². The fourth-order valence-corrected chi connectivity index (χ4v) is 1.08. The van der Waals surface area contributed by atoms with Crippen molar-refractivity contribution in [1.82, 2.24) is 5.16 Å². The smallest absolute Gasteiger partial charge is 0.358 e. The van der Waals surface area contributed by atoms with E-state index in [0.717, 1.165) is 0 Å². The Morgan fingerprint density at radius 3 is 3.00 bits per heavy atom. The number of para-hydroxylation sites is 1. The number of fused-ring (bicyclic) bond motifs is 1. The molecular formula is C8H4FNO3. The second-order valence-electron chi connectivity index (χ2n) is 2.45. The molecule has 0 atom stereocenters. The zero-order valence-corrected chi connectivity index (χ0v) is 6.32. The summed E-state index contributed by atoms with van der Waals surface area (Å²) in [7, 11) is 0. The molecule has 1 N–H and O–H groups in total. The summed E-state index contributed by atoms with van der Waals surface area (Å²) in [6.45, 7) is 0. The molecule has 0 saturated heterocycles. The number of carboxylic acid groups (broad SMARTS) is 1. The summed E-state index contributed by atoms with van der Waals surface area (Å²) in [4.78, 5) is 10.5. The molecule has 0 saturated carbocycles. The van der Waals surface area contributed by atoms with Crippen molar-refractivity contribution in [2.24, 2.45) is 0 Å². The number of hydrogen-bond acceptors (Lipinski definition) is 3. The number of rotatable bonds is 1. The van der Waals surface area contributed by atoms with Gasteiger partial charge in [-0.25, -0.2) is 9.18 Å². The van der Waals surface area contributed by atoms with E-state index in [1.54, 1.807) is 0 Å². The number of benzene rings is 1. The molecule has 0 aliphatic rings. The average molecular weight is 181 g/mol. The number of carboxylic acids is 1. The lowest BCUT2D eigenvalue weighted by Gasteiger charge is -1.87. The summed E-state index contributed by atoms with van der Waals surface area (Å²) in [5, 5.41) is 12.0. The molecule has 0 aliphatic heterocycles. The van der Waals surface area contributed by atoms with Gasteiger partial charge in [-0.3, -0.25) is 0 Å². The minimum Gasteiger partial charge on any atom is -0.476 e. The van der Waals surface area contributed by atoms with Crippen molar-refractivity contribution >= 4 is 16.9 Å². The van der Waals surface area contributed by atoms with Crippen LogP contribution in [0.25, 0.3) is 11.0 Å². The van der Waals surface area contributed by atoms with E-state index in [0.29, 0.717) is 0 Å². The normalized spacial score (nSPS) is 10.5. The van der Waals surface area contributed by atoms with Crippen LogP contribution in [0, 0.1) is 5.82 Å². The van der Waals surface area contributed by atoms with Gasteiger partial charge in [0.05, 0.1) is 5.39 Å². The first-order valence-electron chi connectivity index (χ1n) is 3.47. The van der Waals surface area contributed by atoms with Gasteiger partial charge in [-0.05, 0) is 12.1 Å². The van der Waals surface area contributed by atoms with Crippen LogP contribution in [0.2, 0.25) is 0 Å². The molecular weight excluding hydrogens is 177 g/mol. The predicted molar refractivity (Wildman–Crippen MR) is 40.9 cm³/mol. The van der Waals surface area contributed by atoms with Crippen LogP contribution in [0.15, 0.2) is 22.7 Å². The molecule has 13 heavy (non-hydrogen) atoms. The Labute approximate surface area is 71.6 Å². The van der Waals surface area contributed by atoms with Crippen LogP contribution in [0.4, 0.5) is 4.39 Å². The van der Waals surface area contributed by atoms with Crippen molar-refractivity contribution in [3.8, 4) is 0 Å². The molecule has 0 bridgehead atoms. The Morgan fingerprint density at radius 2 is 2.31 bits per heavy atom. The molecule has 0 aliphatic carbocycles. The van der Waals surface area contributed by atoms with E-state index in [1.165, 1.54) is 18.2 Å². The van der Waals surface area contributed by atoms with E-state index in [4.69, 9.17) is 5.11 Å². The number of halogens is 1. The Balaban J connectivity index is 2.83. The molecule has 66 valence electrons. The van der Waals surface area contributed by atoms with Crippen LogP contribution in [-0.2, 0) is 0 Å². The van der Waals surface area contributed by atoms with Crippen molar-refractivity contribution in [2.45, 2.75) is 0 Å². The van der Waals surface area contributed by atoms with E-state index >= 15 is 0 Å². The van der Waals surface area contributed by atoms with Crippen molar-refractivity contribution in [3.05, 3.63) is 29.7 Å². The highest BCUT2D eigenvalue weighted by atomic mass is 19.1. The fraction of sp³-hybridized carbons (Fsp3) is 0. The Bertz CT molecular complexity index is 477. The average Bonchev–Trinajstić information content (AvgIpc) is 2.48. The maximum absolute atomic E-state index is 12.9. The van der Waals surface area contributed by atoms with Gasteiger partial charge in [0.2, 0.25) is 5.58 Å². The first-order chi connectivity index (χ1) is 6.20. The number of nitrogens with zero attached hydrogens (tertiary/aromatic N) is 1. The summed E-state index contributed by atoms with van der Waals surface area (Å²) in [6, 6.07) is 4.03. The van der Waals surface area contributed by atoms with Gasteiger partial charge in [-0.2, -0.15) is 0 Å². The molecule has 0 amide bonds. The van der Waals surface area contributed by atoms with Crippen molar-refractivity contribution in [2.75, 3.05) is 0 Å². The topological polar surface area (TPSA) is 63.3 Å². The Hall–Kier alpha value is -1.91. The lowest BCUT2D eigenvalue weighted by molar-refractivity contribution is 0.0688. The first-order valence-corrected chi connectivity index (χ1v) is 3.47. The number of aromatic carboxylic acids is 1. The van der Waals surface area contributed by atoms with Crippen molar-refractivity contribution < 1.29 is 18.8 Å². The maximum Gasteiger partial charge on any atom is 0.358 e. The lowest BCUT2D eigenvalue weighted by atomic mass is 10.2. The minimum absolute atomic E-state index is 0.125. The van der Waals surface area contributed by atoms with E-state index in [1.807, 2.05) is 0 Å². The van der Waals surface area contributed by atoms with Crippen LogP contribution >= 0.6 is 0 Å². The highest BCUT2D eigenvalue weighted by Gasteiger charge is 2.16. The number of carbonyl (C=O) groups is 1. The lowest BCUT2D eigenvalue weighted by Crippen LogP contribution is -1.96. The Kier molecular flexibility index (Phi) is 1.51. The molecule has 1 aromatic heterocycles. The summed E-state index contributed by atoms with van der Waals surface area (Å²) < 4.78 is 17.5. The van der Waals surface area contributed by atoms with E-state index < -0.39 is 11.8 Å². The van der Waals surface area contributed by atoms with Crippen LogP contribution in [0.5, 0.6) is 0 Å². The second kappa shape index (κ2) is 2.55. The molecule has 4 nitrogen and oxygen atoms in total. The van der Waals surface area contributed by atoms with Gasteiger partial charge < -0.3 is 9.63 Å².